The summed E-state index contributed by atoms with van der Waals surface area (Å²) in [6.07, 6.45) is -0.435. The molecule has 0 atom stereocenters. The number of urea groups is 1. The maximum atomic E-state index is 12.8. The van der Waals surface area contributed by atoms with Crippen molar-refractivity contribution >= 4 is 28.9 Å². The lowest BCUT2D eigenvalue weighted by Crippen LogP contribution is -2.20. The first kappa shape index (κ1) is 19.2. The summed E-state index contributed by atoms with van der Waals surface area (Å²) < 4.78 is 39.9. The maximum Gasteiger partial charge on any atom is 0.416 e. The minimum absolute atomic E-state index is 0.213. The molecule has 3 heterocycles. The number of hydrogen-bond acceptors (Lipinski definition) is 5. The number of hydrogen-bond donors (Lipinski definition) is 3. The number of anilines is 3. The Labute approximate surface area is 167 Å². The van der Waals surface area contributed by atoms with Crippen LogP contribution in [0.1, 0.15) is 5.56 Å². The molecule has 8 nitrogen and oxygen atoms in total. The van der Waals surface area contributed by atoms with Gasteiger partial charge in [-0.1, -0.05) is 12.1 Å². The van der Waals surface area contributed by atoms with Gasteiger partial charge in [0.25, 0.3) is 0 Å². The van der Waals surface area contributed by atoms with Crippen molar-refractivity contribution in [3.8, 4) is 11.1 Å². The second-order valence-corrected chi connectivity index (χ2v) is 6.25. The SMILES string of the molecule is Nc1ncnn2ccc(-c3ccc(NC(=O)Nc4cc(C(F)(F)F)ccn4)cc3)c12. The Morgan fingerprint density at radius 3 is 2.53 bits per heavy atom. The number of carbonyl (C=O) groups excluding carboxylic acids is 1. The Balaban J connectivity index is 1.48. The number of nitrogens with zero attached hydrogens (tertiary/aromatic N) is 4. The zero-order valence-electron chi connectivity index (χ0n) is 15.2. The van der Waals surface area contributed by atoms with E-state index >= 15 is 0 Å². The van der Waals surface area contributed by atoms with Crippen LogP contribution < -0.4 is 16.4 Å². The van der Waals surface area contributed by atoms with Gasteiger partial charge in [0.05, 0.1) is 5.56 Å². The highest BCUT2D eigenvalue weighted by atomic mass is 19.4. The number of halogens is 3. The van der Waals surface area contributed by atoms with Gasteiger partial charge in [-0.3, -0.25) is 5.32 Å². The zero-order valence-corrected chi connectivity index (χ0v) is 15.2. The van der Waals surface area contributed by atoms with Crippen molar-refractivity contribution in [2.24, 2.45) is 0 Å². The first-order valence-corrected chi connectivity index (χ1v) is 8.61. The fourth-order valence-corrected chi connectivity index (χ4v) is 2.90. The van der Waals surface area contributed by atoms with Crippen LogP contribution in [0.15, 0.2) is 61.2 Å². The average molecular weight is 413 g/mol. The number of aromatic nitrogens is 4. The Hall–Kier alpha value is -4.15. The topological polar surface area (TPSA) is 110 Å². The molecule has 30 heavy (non-hydrogen) atoms. The van der Waals surface area contributed by atoms with Gasteiger partial charge >= 0.3 is 12.2 Å². The fourth-order valence-electron chi connectivity index (χ4n) is 2.90. The van der Waals surface area contributed by atoms with E-state index in [0.717, 1.165) is 29.5 Å². The molecule has 0 saturated heterocycles. The normalized spacial score (nSPS) is 11.4. The van der Waals surface area contributed by atoms with Gasteiger partial charge in [-0.25, -0.2) is 19.3 Å². The molecule has 0 aliphatic carbocycles. The summed E-state index contributed by atoms with van der Waals surface area (Å²) in [5, 5.41) is 8.91. The molecule has 2 amide bonds. The van der Waals surface area contributed by atoms with E-state index in [-0.39, 0.29) is 5.82 Å². The number of amides is 2. The smallest absolute Gasteiger partial charge is 0.382 e. The molecule has 1 aromatic carbocycles. The molecule has 0 fully saturated rings. The van der Waals surface area contributed by atoms with E-state index in [4.69, 9.17) is 5.73 Å². The highest BCUT2D eigenvalue weighted by Gasteiger charge is 2.30. The minimum Gasteiger partial charge on any atom is -0.382 e. The maximum absolute atomic E-state index is 12.8. The number of benzene rings is 1. The molecule has 3 aromatic heterocycles. The van der Waals surface area contributed by atoms with Gasteiger partial charge in [0.2, 0.25) is 0 Å². The molecule has 0 radical (unpaired) electrons. The van der Waals surface area contributed by atoms with E-state index in [1.165, 1.54) is 6.33 Å². The lowest BCUT2D eigenvalue weighted by atomic mass is 10.1. The lowest BCUT2D eigenvalue weighted by Gasteiger charge is -2.10. The van der Waals surface area contributed by atoms with Crippen molar-refractivity contribution in [1.29, 1.82) is 0 Å². The number of fused-ring (bicyclic) bond motifs is 1. The van der Waals surface area contributed by atoms with E-state index in [9.17, 15) is 18.0 Å². The van der Waals surface area contributed by atoms with E-state index in [1.54, 1.807) is 35.0 Å². The molecule has 4 aromatic rings. The monoisotopic (exact) mass is 413 g/mol. The molecule has 152 valence electrons. The number of rotatable bonds is 3. The van der Waals surface area contributed by atoms with Crippen molar-refractivity contribution < 1.29 is 18.0 Å². The molecular formula is C19H14F3N7O. The molecule has 0 saturated carbocycles. The molecule has 11 heteroatoms. The summed E-state index contributed by atoms with van der Waals surface area (Å²) >= 11 is 0. The second-order valence-electron chi connectivity index (χ2n) is 6.25. The molecular weight excluding hydrogens is 399 g/mol. The summed E-state index contributed by atoms with van der Waals surface area (Å²) in [5.74, 6) is 0.120. The largest absolute Gasteiger partial charge is 0.416 e. The molecule has 0 bridgehead atoms. The molecule has 4 rings (SSSR count). The van der Waals surface area contributed by atoms with Crippen molar-refractivity contribution in [2.45, 2.75) is 6.18 Å². The van der Waals surface area contributed by atoms with E-state index in [2.05, 4.69) is 25.7 Å². The predicted octanol–water partition coefficient (Wildman–Crippen LogP) is 4.04. The highest BCUT2D eigenvalue weighted by Crippen LogP contribution is 2.30. The van der Waals surface area contributed by atoms with Gasteiger partial charge in [-0.15, -0.1) is 0 Å². The molecule has 0 aliphatic rings. The van der Waals surface area contributed by atoms with Gasteiger partial charge in [0, 0.05) is 23.6 Å². The Bertz CT molecular complexity index is 1220. The van der Waals surface area contributed by atoms with Crippen LogP contribution in [-0.2, 0) is 6.18 Å². The number of nitrogens with one attached hydrogen (secondary N) is 2. The van der Waals surface area contributed by atoms with Crippen LogP contribution in [0.4, 0.5) is 35.3 Å². The first-order chi connectivity index (χ1) is 14.3. The predicted molar refractivity (Wildman–Crippen MR) is 105 cm³/mol. The van der Waals surface area contributed by atoms with Crippen LogP contribution in [0.25, 0.3) is 16.6 Å². The fraction of sp³-hybridized carbons (Fsp3) is 0.0526. The van der Waals surface area contributed by atoms with Gasteiger partial charge in [0.15, 0.2) is 5.82 Å². The third kappa shape index (κ3) is 3.85. The number of nitrogens with two attached hydrogens (primary N) is 1. The van der Waals surface area contributed by atoms with Crippen LogP contribution in [0.5, 0.6) is 0 Å². The Morgan fingerprint density at radius 1 is 1.03 bits per heavy atom. The highest BCUT2D eigenvalue weighted by molar-refractivity contribution is 5.99. The van der Waals surface area contributed by atoms with Crippen molar-refractivity contribution in [1.82, 2.24) is 19.6 Å². The zero-order chi connectivity index (χ0) is 21.3. The summed E-state index contributed by atoms with van der Waals surface area (Å²) in [4.78, 5) is 19.8. The Morgan fingerprint density at radius 2 is 1.80 bits per heavy atom. The number of nitrogen functional groups attached to an aromatic ring is 1. The van der Waals surface area contributed by atoms with Crippen LogP contribution in [-0.4, -0.2) is 25.6 Å². The summed E-state index contributed by atoms with van der Waals surface area (Å²) in [6, 6.07) is 9.53. The summed E-state index contributed by atoms with van der Waals surface area (Å²) in [5.41, 5.74) is 7.77. The molecule has 0 aliphatic heterocycles. The number of alkyl halides is 3. The molecule has 0 unspecified atom stereocenters. The van der Waals surface area contributed by atoms with Crippen molar-refractivity contribution in [2.75, 3.05) is 16.4 Å². The number of carbonyl (C=O) groups is 1. The quantitative estimate of drug-likeness (QED) is 0.470. The van der Waals surface area contributed by atoms with Gasteiger partial charge in [-0.05, 0) is 35.9 Å². The molecule has 0 spiro atoms. The Kier molecular flexibility index (Phi) is 4.70. The van der Waals surface area contributed by atoms with Crippen LogP contribution in [0, 0.1) is 0 Å². The summed E-state index contributed by atoms with van der Waals surface area (Å²) in [7, 11) is 0. The minimum atomic E-state index is -4.52. The van der Waals surface area contributed by atoms with Crippen molar-refractivity contribution in [3.63, 3.8) is 0 Å². The summed E-state index contributed by atoms with van der Waals surface area (Å²) in [6.45, 7) is 0. The van der Waals surface area contributed by atoms with Gasteiger partial charge in [0.1, 0.15) is 17.7 Å². The third-order valence-corrected chi connectivity index (χ3v) is 4.26. The first-order valence-electron chi connectivity index (χ1n) is 8.61. The van der Waals surface area contributed by atoms with E-state index < -0.39 is 17.8 Å². The van der Waals surface area contributed by atoms with Crippen LogP contribution in [0.3, 0.4) is 0 Å². The van der Waals surface area contributed by atoms with Crippen molar-refractivity contribution in [3.05, 3.63) is 66.7 Å². The van der Waals surface area contributed by atoms with E-state index in [0.29, 0.717) is 17.0 Å². The molecule has 4 N–H and O–H groups in total. The third-order valence-electron chi connectivity index (χ3n) is 4.26. The standard InChI is InChI=1S/C19H14F3N7O/c20-19(21,22)12-5-7-24-15(9-12)28-18(30)27-13-3-1-11(2-4-13)14-6-8-29-16(14)17(23)25-10-26-29/h1-10H,(H2,23,25,26)(H2,24,27,28,30). The van der Waals surface area contributed by atoms with E-state index in [1.807, 2.05) is 6.07 Å². The number of pyridine rings is 1. The van der Waals surface area contributed by atoms with Gasteiger partial charge < -0.3 is 11.1 Å². The average Bonchev–Trinajstić information content (AvgIpc) is 3.14. The van der Waals surface area contributed by atoms with Crippen LogP contribution in [0.2, 0.25) is 0 Å². The second kappa shape index (κ2) is 7.35. The van der Waals surface area contributed by atoms with Gasteiger partial charge in [-0.2, -0.15) is 18.3 Å². The van der Waals surface area contributed by atoms with Crippen LogP contribution >= 0.6 is 0 Å². The lowest BCUT2D eigenvalue weighted by molar-refractivity contribution is -0.137.